The van der Waals surface area contributed by atoms with Crippen molar-refractivity contribution in [1.82, 2.24) is 20.3 Å². The lowest BCUT2D eigenvalue weighted by Gasteiger charge is -2.22. The van der Waals surface area contributed by atoms with E-state index < -0.39 is 34.3 Å². The maximum Gasteiger partial charge on any atom is 0.280 e. The molecule has 42 heavy (non-hydrogen) atoms. The summed E-state index contributed by atoms with van der Waals surface area (Å²) in [6.07, 6.45) is 6.08. The van der Waals surface area contributed by atoms with E-state index in [1.54, 1.807) is 24.3 Å². The minimum Gasteiger partial charge on any atom is -0.486 e. The first kappa shape index (κ1) is 30.3. The molecule has 3 aromatic rings. The van der Waals surface area contributed by atoms with Crippen molar-refractivity contribution in [2.45, 2.75) is 49.6 Å². The van der Waals surface area contributed by atoms with E-state index in [4.69, 9.17) is 10.5 Å². The summed E-state index contributed by atoms with van der Waals surface area (Å²) in [5.41, 5.74) is 5.79. The van der Waals surface area contributed by atoms with Crippen LogP contribution < -0.4 is 25.8 Å². The number of rotatable bonds is 10. The SMILES string of the molecule is NCC(=O)NC(=O)c1ncc(C(=O)NS(=O)(=O)c2ccc(C(=O)NC3CCCCC3)cc2)cc1OCc1ccccc1. The Labute approximate surface area is 243 Å². The second-order valence-electron chi connectivity index (χ2n) is 9.69. The molecule has 0 unspecified atom stereocenters. The second-order valence-corrected chi connectivity index (χ2v) is 11.4. The van der Waals surface area contributed by atoms with E-state index in [2.05, 4.69) is 15.6 Å². The van der Waals surface area contributed by atoms with Crippen molar-refractivity contribution in [3.05, 3.63) is 89.2 Å². The van der Waals surface area contributed by atoms with Crippen LogP contribution in [-0.2, 0) is 21.4 Å². The fourth-order valence-electron chi connectivity index (χ4n) is 4.36. The molecule has 0 aliphatic heterocycles. The number of hydrogen-bond acceptors (Lipinski definition) is 9. The Kier molecular flexibility index (Phi) is 9.99. The normalized spacial score (nSPS) is 13.5. The average Bonchev–Trinajstić information content (AvgIpc) is 3.00. The number of benzene rings is 2. The molecular weight excluding hydrogens is 562 g/mol. The molecule has 0 bridgehead atoms. The monoisotopic (exact) mass is 593 g/mol. The fourth-order valence-corrected chi connectivity index (χ4v) is 5.34. The molecule has 1 heterocycles. The molecule has 0 saturated heterocycles. The highest BCUT2D eigenvalue weighted by atomic mass is 32.2. The van der Waals surface area contributed by atoms with Gasteiger partial charge in [-0.25, -0.2) is 18.1 Å². The van der Waals surface area contributed by atoms with Crippen LogP contribution in [0.25, 0.3) is 0 Å². The third kappa shape index (κ3) is 7.98. The number of imide groups is 1. The van der Waals surface area contributed by atoms with Crippen molar-refractivity contribution in [1.29, 1.82) is 0 Å². The second kappa shape index (κ2) is 13.8. The van der Waals surface area contributed by atoms with Gasteiger partial charge in [0.1, 0.15) is 6.61 Å². The van der Waals surface area contributed by atoms with Crippen molar-refractivity contribution in [3.8, 4) is 5.75 Å². The lowest BCUT2D eigenvalue weighted by atomic mass is 9.95. The third-order valence-corrected chi connectivity index (χ3v) is 7.95. The summed E-state index contributed by atoms with van der Waals surface area (Å²) in [5.74, 6) is -3.13. The zero-order chi connectivity index (χ0) is 30.1. The fraction of sp³-hybridized carbons (Fsp3) is 0.276. The summed E-state index contributed by atoms with van der Waals surface area (Å²) in [6.45, 7) is -0.436. The Hall–Kier alpha value is -4.62. The first-order valence-electron chi connectivity index (χ1n) is 13.4. The predicted molar refractivity (Wildman–Crippen MR) is 152 cm³/mol. The molecular formula is C29H31N5O7S. The minimum atomic E-state index is -4.33. The van der Waals surface area contributed by atoms with Gasteiger partial charge in [-0.15, -0.1) is 0 Å². The van der Waals surface area contributed by atoms with Crippen LogP contribution in [0.15, 0.2) is 71.8 Å². The number of nitrogens with zero attached hydrogens (tertiary/aromatic N) is 1. The average molecular weight is 594 g/mol. The highest BCUT2D eigenvalue weighted by molar-refractivity contribution is 7.90. The van der Waals surface area contributed by atoms with Crippen molar-refractivity contribution in [2.75, 3.05) is 6.54 Å². The van der Waals surface area contributed by atoms with E-state index in [1.807, 2.05) is 10.8 Å². The summed E-state index contributed by atoms with van der Waals surface area (Å²) >= 11 is 0. The quantitative estimate of drug-likeness (QED) is 0.273. The van der Waals surface area contributed by atoms with Gasteiger partial charge in [-0.1, -0.05) is 49.6 Å². The van der Waals surface area contributed by atoms with Crippen LogP contribution in [0.2, 0.25) is 0 Å². The number of amides is 4. The molecule has 1 fully saturated rings. The van der Waals surface area contributed by atoms with Crippen LogP contribution in [0.4, 0.5) is 0 Å². The number of pyridine rings is 1. The standard InChI is InChI=1S/C29H31N5O7S/c30-16-25(35)33-29(38)26-24(41-18-19-7-3-1-4-8-19)15-21(17-31-26)28(37)34-42(39,40)23-13-11-20(12-14-23)27(36)32-22-9-5-2-6-10-22/h1,3-4,7-8,11-15,17,22H,2,5-6,9-10,16,18,30H2,(H,32,36)(H,34,37)(H,33,35,38). The van der Waals surface area contributed by atoms with E-state index in [0.717, 1.165) is 49.9 Å². The Bertz CT molecular complexity index is 1550. The Morgan fingerprint density at radius 3 is 2.24 bits per heavy atom. The van der Waals surface area contributed by atoms with E-state index in [1.165, 1.54) is 24.3 Å². The largest absolute Gasteiger partial charge is 0.486 e. The zero-order valence-electron chi connectivity index (χ0n) is 22.7. The summed E-state index contributed by atoms with van der Waals surface area (Å²) in [7, 11) is -4.33. The number of carbonyl (C=O) groups excluding carboxylic acids is 4. The van der Waals surface area contributed by atoms with Gasteiger partial charge >= 0.3 is 0 Å². The Morgan fingerprint density at radius 1 is 0.881 bits per heavy atom. The van der Waals surface area contributed by atoms with E-state index >= 15 is 0 Å². The Morgan fingerprint density at radius 2 is 1.57 bits per heavy atom. The third-order valence-electron chi connectivity index (χ3n) is 6.60. The van der Waals surface area contributed by atoms with Crippen LogP contribution >= 0.6 is 0 Å². The van der Waals surface area contributed by atoms with Crippen molar-refractivity contribution < 1.29 is 32.3 Å². The van der Waals surface area contributed by atoms with E-state index in [0.29, 0.717) is 5.56 Å². The number of aromatic nitrogens is 1. The molecule has 0 spiro atoms. The van der Waals surface area contributed by atoms with Gasteiger partial charge in [-0.05, 0) is 48.7 Å². The Balaban J connectivity index is 1.49. The van der Waals surface area contributed by atoms with Crippen LogP contribution in [-0.4, -0.2) is 49.6 Å². The van der Waals surface area contributed by atoms with Gasteiger partial charge < -0.3 is 15.8 Å². The summed E-state index contributed by atoms with van der Waals surface area (Å²) in [4.78, 5) is 53.4. The van der Waals surface area contributed by atoms with Gasteiger partial charge in [0, 0.05) is 17.8 Å². The first-order chi connectivity index (χ1) is 20.2. The maximum atomic E-state index is 12.9. The van der Waals surface area contributed by atoms with E-state index in [-0.39, 0.29) is 40.5 Å². The molecule has 0 radical (unpaired) electrons. The van der Waals surface area contributed by atoms with Crippen LogP contribution in [0, 0.1) is 0 Å². The van der Waals surface area contributed by atoms with E-state index in [9.17, 15) is 27.6 Å². The number of hydrogen-bond donors (Lipinski definition) is 4. The van der Waals surface area contributed by atoms with Gasteiger partial charge in [0.05, 0.1) is 17.0 Å². The molecule has 13 heteroatoms. The molecule has 1 aliphatic carbocycles. The van der Waals surface area contributed by atoms with Crippen molar-refractivity contribution in [3.63, 3.8) is 0 Å². The summed E-state index contributed by atoms with van der Waals surface area (Å²) in [6, 6.07) is 15.4. The van der Waals surface area contributed by atoms with Gasteiger partial charge in [-0.3, -0.25) is 24.5 Å². The molecule has 2 aromatic carbocycles. The van der Waals surface area contributed by atoms with Crippen molar-refractivity contribution >= 4 is 33.7 Å². The smallest absolute Gasteiger partial charge is 0.280 e. The molecule has 0 atom stereocenters. The maximum absolute atomic E-state index is 12.9. The minimum absolute atomic E-state index is 0.00230. The van der Waals surface area contributed by atoms with Crippen molar-refractivity contribution in [2.24, 2.45) is 5.73 Å². The highest BCUT2D eigenvalue weighted by Crippen LogP contribution is 2.21. The van der Waals surface area contributed by atoms with Gasteiger partial charge in [-0.2, -0.15) is 0 Å². The van der Waals surface area contributed by atoms with Crippen LogP contribution in [0.5, 0.6) is 5.75 Å². The van der Waals surface area contributed by atoms with Crippen LogP contribution in [0.3, 0.4) is 0 Å². The zero-order valence-corrected chi connectivity index (χ0v) is 23.5. The van der Waals surface area contributed by atoms with Gasteiger partial charge in [0.2, 0.25) is 5.91 Å². The summed E-state index contributed by atoms with van der Waals surface area (Å²) < 4.78 is 33.6. The number of ether oxygens (including phenoxy) is 1. The van der Waals surface area contributed by atoms with Gasteiger partial charge in [0.25, 0.3) is 27.7 Å². The molecule has 4 rings (SSSR count). The number of sulfonamides is 1. The lowest BCUT2D eigenvalue weighted by molar-refractivity contribution is -0.118. The molecule has 1 aliphatic rings. The molecule has 4 amide bonds. The van der Waals surface area contributed by atoms with Gasteiger partial charge in [0.15, 0.2) is 11.4 Å². The highest BCUT2D eigenvalue weighted by Gasteiger charge is 2.24. The van der Waals surface area contributed by atoms with Crippen LogP contribution in [0.1, 0.15) is 68.9 Å². The molecule has 1 aromatic heterocycles. The number of nitrogens with two attached hydrogens (primary N) is 1. The number of carbonyl (C=O) groups is 4. The first-order valence-corrected chi connectivity index (χ1v) is 14.8. The molecule has 12 nitrogen and oxygen atoms in total. The lowest BCUT2D eigenvalue weighted by Crippen LogP contribution is -2.36. The summed E-state index contributed by atoms with van der Waals surface area (Å²) in [5, 5.41) is 5.03. The number of nitrogens with one attached hydrogen (secondary N) is 3. The molecule has 220 valence electrons. The molecule has 1 saturated carbocycles. The topological polar surface area (TPSA) is 187 Å². The predicted octanol–water partition coefficient (Wildman–Crippen LogP) is 2.06. The molecule has 5 N–H and O–H groups in total.